The quantitative estimate of drug-likeness (QED) is 0.464. The first-order chi connectivity index (χ1) is 11.5. The van der Waals surface area contributed by atoms with Crippen LogP contribution >= 0.6 is 0 Å². The lowest BCUT2D eigenvalue weighted by molar-refractivity contribution is 0.270. The third kappa shape index (κ3) is 3.58. The van der Waals surface area contributed by atoms with E-state index in [9.17, 15) is 0 Å². The van der Waals surface area contributed by atoms with E-state index in [0.717, 1.165) is 11.4 Å². The predicted molar refractivity (Wildman–Crippen MR) is 95.3 cm³/mol. The Balaban J connectivity index is 0.000000185. The van der Waals surface area contributed by atoms with Gasteiger partial charge in [-0.3, -0.25) is 0 Å². The maximum atomic E-state index is 8.50. The zero-order valence-corrected chi connectivity index (χ0v) is 13.4. The van der Waals surface area contributed by atoms with E-state index in [4.69, 9.17) is 28.0 Å². The molecule has 0 saturated carbocycles. The van der Waals surface area contributed by atoms with Crippen LogP contribution in [0.3, 0.4) is 0 Å². The fourth-order valence-electron chi connectivity index (χ4n) is 2.01. The number of nitrogens with zero attached hydrogens (tertiary/aromatic N) is 4. The third-order valence-electron chi connectivity index (χ3n) is 3.37. The summed E-state index contributed by atoms with van der Waals surface area (Å²) in [6.07, 6.45) is 1.46. The van der Waals surface area contributed by atoms with Crippen molar-refractivity contribution in [2.24, 2.45) is 0 Å². The number of para-hydroxylation sites is 1. The Morgan fingerprint density at radius 2 is 1.71 bits per heavy atom. The molecule has 9 nitrogen and oxygen atoms in total. The van der Waals surface area contributed by atoms with Crippen LogP contribution in [0.5, 0.6) is 0 Å². The highest BCUT2D eigenvalue weighted by molar-refractivity contribution is 5.64. The maximum Gasteiger partial charge on any atom is 0.150 e. The van der Waals surface area contributed by atoms with Crippen LogP contribution in [0, 0.1) is 6.92 Å². The SMILES string of the molecule is Cc1nn(-c2ccccc2)c(N)c1N.Nc1cnn(CCO)c1N. The van der Waals surface area contributed by atoms with Crippen LogP contribution in [0.1, 0.15) is 5.69 Å². The molecule has 3 aromatic rings. The van der Waals surface area contributed by atoms with E-state index in [2.05, 4.69) is 10.2 Å². The second kappa shape index (κ2) is 7.38. The molecule has 1 aromatic carbocycles. The Hall–Kier alpha value is -3.20. The van der Waals surface area contributed by atoms with Gasteiger partial charge in [-0.2, -0.15) is 10.2 Å². The third-order valence-corrected chi connectivity index (χ3v) is 3.37. The number of hydrogen-bond donors (Lipinski definition) is 5. The fraction of sp³-hybridized carbons (Fsp3) is 0.200. The van der Waals surface area contributed by atoms with Gasteiger partial charge < -0.3 is 28.0 Å². The number of benzene rings is 1. The highest BCUT2D eigenvalue weighted by atomic mass is 16.3. The molecule has 24 heavy (non-hydrogen) atoms. The number of rotatable bonds is 3. The average molecular weight is 330 g/mol. The van der Waals surface area contributed by atoms with Gasteiger partial charge in [0.2, 0.25) is 0 Å². The molecule has 2 aromatic heterocycles. The van der Waals surface area contributed by atoms with Crippen molar-refractivity contribution < 1.29 is 5.11 Å². The molecule has 0 bridgehead atoms. The van der Waals surface area contributed by atoms with E-state index < -0.39 is 0 Å². The number of aryl methyl sites for hydroxylation is 1. The average Bonchev–Trinajstić information content (AvgIpc) is 3.04. The Kier molecular flexibility index (Phi) is 5.27. The van der Waals surface area contributed by atoms with Gasteiger partial charge in [0.05, 0.1) is 42.1 Å². The van der Waals surface area contributed by atoms with Crippen molar-refractivity contribution in [2.75, 3.05) is 29.5 Å². The first-order valence-electron chi connectivity index (χ1n) is 7.29. The molecule has 0 aliphatic rings. The van der Waals surface area contributed by atoms with Gasteiger partial charge in [-0.15, -0.1) is 0 Å². The minimum atomic E-state index is 0.0192. The van der Waals surface area contributed by atoms with Crippen LogP contribution < -0.4 is 22.9 Å². The predicted octanol–water partition coefficient (Wildman–Crippen LogP) is 0.385. The number of aromatic nitrogens is 4. The highest BCUT2D eigenvalue weighted by Gasteiger charge is 2.09. The smallest absolute Gasteiger partial charge is 0.150 e. The van der Waals surface area contributed by atoms with Crippen molar-refractivity contribution in [3.05, 3.63) is 42.2 Å². The van der Waals surface area contributed by atoms with E-state index >= 15 is 0 Å². The molecule has 0 aliphatic heterocycles. The summed E-state index contributed by atoms with van der Waals surface area (Å²) in [6.45, 7) is 2.25. The number of hydrogen-bond acceptors (Lipinski definition) is 7. The van der Waals surface area contributed by atoms with E-state index in [-0.39, 0.29) is 6.61 Å². The topological polar surface area (TPSA) is 160 Å². The number of aliphatic hydroxyl groups excluding tert-OH is 1. The number of nitrogen functional groups attached to an aromatic ring is 4. The molecular formula is C15H22N8O. The minimum Gasteiger partial charge on any atom is -0.394 e. The summed E-state index contributed by atoms with van der Waals surface area (Å²) in [6, 6.07) is 9.67. The molecule has 0 fully saturated rings. The van der Waals surface area contributed by atoms with Crippen molar-refractivity contribution in [3.8, 4) is 5.69 Å². The lowest BCUT2D eigenvalue weighted by atomic mass is 10.3. The van der Waals surface area contributed by atoms with Crippen LogP contribution in [-0.2, 0) is 6.54 Å². The highest BCUT2D eigenvalue weighted by Crippen LogP contribution is 2.21. The molecule has 0 spiro atoms. The molecule has 3 rings (SSSR count). The van der Waals surface area contributed by atoms with Gasteiger partial charge in [0.25, 0.3) is 0 Å². The molecule has 2 heterocycles. The Morgan fingerprint density at radius 1 is 1.04 bits per heavy atom. The van der Waals surface area contributed by atoms with Crippen molar-refractivity contribution >= 4 is 23.0 Å². The lowest BCUT2D eigenvalue weighted by Gasteiger charge is -2.02. The fourth-order valence-corrected chi connectivity index (χ4v) is 2.01. The second-order valence-corrected chi connectivity index (χ2v) is 5.06. The first-order valence-corrected chi connectivity index (χ1v) is 7.29. The molecule has 0 radical (unpaired) electrons. The van der Waals surface area contributed by atoms with Crippen LogP contribution in [0.25, 0.3) is 5.69 Å². The summed E-state index contributed by atoms with van der Waals surface area (Å²) in [5, 5.41) is 16.6. The van der Waals surface area contributed by atoms with Gasteiger partial charge in [0.15, 0.2) is 5.82 Å². The lowest BCUT2D eigenvalue weighted by Crippen LogP contribution is -2.07. The molecular weight excluding hydrogens is 308 g/mol. The molecule has 0 saturated heterocycles. The number of nitrogens with two attached hydrogens (primary N) is 4. The van der Waals surface area contributed by atoms with Crippen molar-refractivity contribution in [2.45, 2.75) is 13.5 Å². The minimum absolute atomic E-state index is 0.0192. The van der Waals surface area contributed by atoms with Crippen LogP contribution in [0.15, 0.2) is 36.5 Å². The normalized spacial score (nSPS) is 10.2. The largest absolute Gasteiger partial charge is 0.394 e. The molecule has 9 heteroatoms. The van der Waals surface area contributed by atoms with E-state index in [1.54, 1.807) is 4.68 Å². The van der Waals surface area contributed by atoms with Crippen molar-refractivity contribution in [1.29, 1.82) is 0 Å². The van der Waals surface area contributed by atoms with Crippen LogP contribution in [-0.4, -0.2) is 31.3 Å². The summed E-state index contributed by atoms with van der Waals surface area (Å²) < 4.78 is 3.10. The zero-order valence-electron chi connectivity index (χ0n) is 13.4. The Morgan fingerprint density at radius 3 is 2.17 bits per heavy atom. The number of aliphatic hydroxyl groups is 1. The summed E-state index contributed by atoms with van der Waals surface area (Å²) in [5.74, 6) is 0.905. The summed E-state index contributed by atoms with van der Waals surface area (Å²) in [7, 11) is 0. The first kappa shape index (κ1) is 17.2. The van der Waals surface area contributed by atoms with Gasteiger partial charge in [-0.25, -0.2) is 9.36 Å². The van der Waals surface area contributed by atoms with Gasteiger partial charge >= 0.3 is 0 Å². The maximum absolute atomic E-state index is 8.50. The van der Waals surface area contributed by atoms with E-state index in [0.29, 0.717) is 29.6 Å². The van der Waals surface area contributed by atoms with Gasteiger partial charge in [-0.05, 0) is 19.1 Å². The van der Waals surface area contributed by atoms with Crippen LogP contribution in [0.2, 0.25) is 0 Å². The van der Waals surface area contributed by atoms with Crippen molar-refractivity contribution in [3.63, 3.8) is 0 Å². The summed E-state index contributed by atoms with van der Waals surface area (Å²) >= 11 is 0. The van der Waals surface area contributed by atoms with Crippen LogP contribution in [0.4, 0.5) is 23.0 Å². The molecule has 9 N–H and O–H groups in total. The molecule has 128 valence electrons. The monoisotopic (exact) mass is 330 g/mol. The molecule has 0 amide bonds. The van der Waals surface area contributed by atoms with Gasteiger partial charge in [0.1, 0.15) is 5.82 Å². The zero-order chi connectivity index (χ0) is 17.7. The summed E-state index contributed by atoms with van der Waals surface area (Å²) in [4.78, 5) is 0. The van der Waals surface area contributed by atoms with Gasteiger partial charge in [0, 0.05) is 0 Å². The number of anilines is 4. The Labute approximate surface area is 139 Å². The van der Waals surface area contributed by atoms with E-state index in [1.807, 2.05) is 37.3 Å². The van der Waals surface area contributed by atoms with Gasteiger partial charge in [-0.1, -0.05) is 18.2 Å². The summed E-state index contributed by atoms with van der Waals surface area (Å²) in [5.41, 5.74) is 25.1. The molecule has 0 unspecified atom stereocenters. The standard InChI is InChI=1S/C10H12N4.C5H10N4O/c1-7-9(11)10(12)14(13-7)8-5-3-2-4-6-8;6-4-3-8-9(1-2-10)5(4)7/h2-6H,11-12H2,1H3;3,10H,1-2,6-7H2. The van der Waals surface area contributed by atoms with Crippen molar-refractivity contribution in [1.82, 2.24) is 19.6 Å². The Bertz CT molecular complexity index is 793. The second-order valence-electron chi connectivity index (χ2n) is 5.06. The molecule has 0 aliphatic carbocycles. The van der Waals surface area contributed by atoms with E-state index in [1.165, 1.54) is 10.9 Å². The molecule has 0 atom stereocenters.